The fourth-order valence-corrected chi connectivity index (χ4v) is 3.63. The fourth-order valence-electron chi connectivity index (χ4n) is 3.14. The highest BCUT2D eigenvalue weighted by molar-refractivity contribution is 6.22. The van der Waals surface area contributed by atoms with Gasteiger partial charge in [-0.05, 0) is 41.9 Å². The van der Waals surface area contributed by atoms with Crippen LogP contribution in [-0.4, -0.2) is 0 Å². The first kappa shape index (κ1) is 14.7. The Bertz CT molecular complexity index is 581. The van der Waals surface area contributed by atoms with Crippen LogP contribution < -0.4 is 0 Å². The van der Waals surface area contributed by atoms with Crippen molar-refractivity contribution in [2.75, 3.05) is 0 Å². The molecule has 0 radical (unpaired) electrons. The zero-order valence-electron chi connectivity index (χ0n) is 12.9. The molecule has 0 bridgehead atoms. The summed E-state index contributed by atoms with van der Waals surface area (Å²) in [5.41, 5.74) is 4.21. The molecule has 1 aliphatic rings. The smallest absolute Gasteiger partial charge is 0.0681 e. The number of hydrogen-bond donors (Lipinski definition) is 0. The van der Waals surface area contributed by atoms with Crippen LogP contribution in [0.1, 0.15) is 61.1 Å². The molecule has 3 rings (SSSR count). The van der Waals surface area contributed by atoms with Crippen LogP contribution in [0.3, 0.4) is 0 Å². The van der Waals surface area contributed by atoms with Crippen LogP contribution in [0.15, 0.2) is 54.6 Å². The van der Waals surface area contributed by atoms with E-state index in [1.165, 1.54) is 36.0 Å². The van der Waals surface area contributed by atoms with Gasteiger partial charge in [0.1, 0.15) is 0 Å². The third-order valence-corrected chi connectivity index (χ3v) is 5.70. The van der Waals surface area contributed by atoms with Gasteiger partial charge in [-0.3, -0.25) is 0 Å². The van der Waals surface area contributed by atoms with E-state index in [-0.39, 0.29) is 10.8 Å². The van der Waals surface area contributed by atoms with Gasteiger partial charge in [0.25, 0.3) is 0 Å². The molecule has 0 amide bonds. The highest BCUT2D eigenvalue weighted by Crippen LogP contribution is 2.59. The second kappa shape index (κ2) is 5.85. The second-order valence-electron chi connectivity index (χ2n) is 6.36. The molecule has 1 saturated carbocycles. The summed E-state index contributed by atoms with van der Waals surface area (Å²) in [4.78, 5) is 0. The monoisotopic (exact) mass is 298 g/mol. The molecule has 1 heteroatoms. The molecule has 2 unspecified atom stereocenters. The summed E-state index contributed by atoms with van der Waals surface area (Å²) in [6.07, 6.45) is 3.56. The van der Waals surface area contributed by atoms with E-state index >= 15 is 0 Å². The number of rotatable bonds is 5. The van der Waals surface area contributed by atoms with Crippen molar-refractivity contribution in [2.45, 2.75) is 49.8 Å². The van der Waals surface area contributed by atoms with Gasteiger partial charge < -0.3 is 0 Å². The summed E-state index contributed by atoms with van der Waals surface area (Å²) in [6, 6.07) is 19.7. The first-order chi connectivity index (χ1) is 10.2. The van der Waals surface area contributed by atoms with Crippen LogP contribution in [0.5, 0.6) is 0 Å². The Hall–Kier alpha value is -1.27. The molecule has 0 aliphatic heterocycles. The summed E-state index contributed by atoms with van der Waals surface area (Å²) in [5.74, 6) is 0.622. The van der Waals surface area contributed by atoms with E-state index in [9.17, 15) is 0 Å². The molecule has 1 aliphatic carbocycles. The summed E-state index contributed by atoms with van der Waals surface area (Å²) in [7, 11) is 0. The minimum absolute atomic E-state index is 0.0749. The molecule has 0 nitrogen and oxygen atoms in total. The minimum atomic E-state index is 0.0749. The van der Waals surface area contributed by atoms with Crippen molar-refractivity contribution in [3.8, 4) is 0 Å². The van der Waals surface area contributed by atoms with Gasteiger partial charge in [-0.1, -0.05) is 68.4 Å². The van der Waals surface area contributed by atoms with E-state index < -0.39 is 0 Å². The Kier molecular flexibility index (Phi) is 4.08. The molecule has 2 aromatic rings. The molecule has 0 aromatic heterocycles. The Morgan fingerprint density at radius 3 is 2.05 bits per heavy atom. The highest BCUT2D eigenvalue weighted by atomic mass is 35.5. The maximum atomic E-state index is 6.86. The van der Waals surface area contributed by atoms with E-state index in [0.717, 1.165) is 0 Å². The van der Waals surface area contributed by atoms with E-state index in [0.29, 0.717) is 5.92 Å². The Morgan fingerprint density at radius 2 is 1.52 bits per heavy atom. The first-order valence-corrected chi connectivity index (χ1v) is 8.40. The summed E-state index contributed by atoms with van der Waals surface area (Å²) >= 11 is 6.86. The Balaban J connectivity index is 1.84. The maximum absolute atomic E-state index is 6.86. The van der Waals surface area contributed by atoms with Crippen LogP contribution in [0.2, 0.25) is 0 Å². The number of alkyl halides is 1. The lowest BCUT2D eigenvalue weighted by molar-refractivity contribution is 0.661. The maximum Gasteiger partial charge on any atom is 0.0681 e. The number of benzene rings is 2. The van der Waals surface area contributed by atoms with E-state index in [1.807, 2.05) is 0 Å². The number of hydrogen-bond acceptors (Lipinski definition) is 0. The van der Waals surface area contributed by atoms with Crippen molar-refractivity contribution in [2.24, 2.45) is 0 Å². The normalized spacial score (nSPS) is 19.0. The predicted octanol–water partition coefficient (Wildman–Crippen LogP) is 6.21. The molecule has 2 atom stereocenters. The standard InChI is InChI=1S/C20H23Cl/c1-3-15(2)16-9-11-17(12-10-16)19(21)20(13-14-20)18-7-5-4-6-8-18/h4-12,15,19H,3,13-14H2,1-2H3. The summed E-state index contributed by atoms with van der Waals surface area (Å²) in [6.45, 7) is 4.51. The van der Waals surface area contributed by atoms with Crippen LogP contribution >= 0.6 is 11.6 Å². The van der Waals surface area contributed by atoms with Gasteiger partial charge in [0, 0.05) is 5.41 Å². The third kappa shape index (κ3) is 2.74. The largest absolute Gasteiger partial charge is 0.117 e. The summed E-state index contributed by atoms with van der Waals surface area (Å²) in [5, 5.41) is 0.0749. The molecule has 0 N–H and O–H groups in total. The van der Waals surface area contributed by atoms with Crippen molar-refractivity contribution in [3.63, 3.8) is 0 Å². The Labute approximate surface area is 133 Å². The summed E-state index contributed by atoms with van der Waals surface area (Å²) < 4.78 is 0. The van der Waals surface area contributed by atoms with Crippen LogP contribution in [0, 0.1) is 0 Å². The van der Waals surface area contributed by atoms with Crippen LogP contribution in [0.25, 0.3) is 0 Å². The second-order valence-corrected chi connectivity index (χ2v) is 6.80. The average Bonchev–Trinajstić information content (AvgIpc) is 3.36. The topological polar surface area (TPSA) is 0 Å². The predicted molar refractivity (Wildman–Crippen MR) is 91.1 cm³/mol. The molecular formula is C20H23Cl. The van der Waals surface area contributed by atoms with Crippen LogP contribution in [0.4, 0.5) is 0 Å². The minimum Gasteiger partial charge on any atom is -0.117 e. The van der Waals surface area contributed by atoms with Gasteiger partial charge in [0.2, 0.25) is 0 Å². The highest BCUT2D eigenvalue weighted by Gasteiger charge is 2.50. The van der Waals surface area contributed by atoms with Gasteiger partial charge in [0.05, 0.1) is 5.38 Å². The molecule has 1 fully saturated rings. The van der Waals surface area contributed by atoms with Gasteiger partial charge in [0.15, 0.2) is 0 Å². The molecular weight excluding hydrogens is 276 g/mol. The quantitative estimate of drug-likeness (QED) is 0.575. The van der Waals surface area contributed by atoms with Crippen molar-refractivity contribution >= 4 is 11.6 Å². The SMILES string of the molecule is CCC(C)c1ccc(C(Cl)C2(c3ccccc3)CC2)cc1. The number of halogens is 1. The molecule has 0 spiro atoms. The first-order valence-electron chi connectivity index (χ1n) is 7.97. The van der Waals surface area contributed by atoms with E-state index in [4.69, 9.17) is 11.6 Å². The lowest BCUT2D eigenvalue weighted by atomic mass is 9.87. The van der Waals surface area contributed by atoms with Gasteiger partial charge in [-0.2, -0.15) is 0 Å². The third-order valence-electron chi connectivity index (χ3n) is 5.03. The lowest BCUT2D eigenvalue weighted by Gasteiger charge is -2.23. The molecule has 0 heterocycles. The zero-order valence-corrected chi connectivity index (χ0v) is 13.6. The van der Waals surface area contributed by atoms with Crippen LogP contribution in [-0.2, 0) is 5.41 Å². The molecule has 2 aromatic carbocycles. The van der Waals surface area contributed by atoms with E-state index in [2.05, 4.69) is 68.4 Å². The van der Waals surface area contributed by atoms with Gasteiger partial charge in [-0.15, -0.1) is 11.6 Å². The molecule has 0 saturated heterocycles. The molecule has 21 heavy (non-hydrogen) atoms. The zero-order chi connectivity index (χ0) is 14.9. The van der Waals surface area contributed by atoms with Gasteiger partial charge in [-0.25, -0.2) is 0 Å². The van der Waals surface area contributed by atoms with Gasteiger partial charge >= 0.3 is 0 Å². The van der Waals surface area contributed by atoms with E-state index in [1.54, 1.807) is 0 Å². The average molecular weight is 299 g/mol. The van der Waals surface area contributed by atoms with Crippen molar-refractivity contribution < 1.29 is 0 Å². The van der Waals surface area contributed by atoms with Crippen molar-refractivity contribution in [3.05, 3.63) is 71.3 Å². The van der Waals surface area contributed by atoms with Crippen molar-refractivity contribution in [1.82, 2.24) is 0 Å². The Morgan fingerprint density at radius 1 is 0.952 bits per heavy atom. The fraction of sp³-hybridized carbons (Fsp3) is 0.400. The lowest BCUT2D eigenvalue weighted by Crippen LogP contribution is -2.14. The van der Waals surface area contributed by atoms with Crippen molar-refractivity contribution in [1.29, 1.82) is 0 Å². The molecule has 110 valence electrons.